The number of rotatable bonds is 9. The third kappa shape index (κ3) is 4.42. The van der Waals surface area contributed by atoms with E-state index in [9.17, 15) is 18.5 Å². The van der Waals surface area contributed by atoms with Crippen LogP contribution in [0.5, 0.6) is 5.75 Å². The molecule has 3 fully saturated rings. The van der Waals surface area contributed by atoms with Crippen molar-refractivity contribution in [1.29, 1.82) is 5.26 Å². The number of nitriles is 1. The van der Waals surface area contributed by atoms with E-state index in [-0.39, 0.29) is 29.8 Å². The highest BCUT2D eigenvalue weighted by atomic mass is 32.2. The van der Waals surface area contributed by atoms with Crippen LogP contribution in [0.25, 0.3) is 22.2 Å². The third-order valence-corrected chi connectivity index (χ3v) is 9.09. The van der Waals surface area contributed by atoms with Crippen molar-refractivity contribution in [2.45, 2.75) is 62.3 Å². The van der Waals surface area contributed by atoms with E-state index in [0.29, 0.717) is 29.8 Å². The van der Waals surface area contributed by atoms with Gasteiger partial charge < -0.3 is 14.6 Å². The van der Waals surface area contributed by atoms with E-state index in [4.69, 9.17) is 4.74 Å². The predicted octanol–water partition coefficient (Wildman–Crippen LogP) is 4.47. The molecule has 9 heteroatoms. The quantitative estimate of drug-likeness (QED) is 0.447. The lowest BCUT2D eigenvalue weighted by Gasteiger charge is -2.30. The van der Waals surface area contributed by atoms with Crippen molar-refractivity contribution in [2.75, 3.05) is 11.3 Å². The van der Waals surface area contributed by atoms with Gasteiger partial charge in [-0.2, -0.15) is 5.26 Å². The van der Waals surface area contributed by atoms with Gasteiger partial charge in [-0.05, 0) is 74.8 Å². The Hall–Kier alpha value is -3.51. The van der Waals surface area contributed by atoms with E-state index < -0.39 is 10.0 Å². The molecular formula is C27H28N4O4S. The fourth-order valence-electron chi connectivity index (χ4n) is 4.77. The topological polar surface area (TPSA) is 113 Å². The molecule has 3 aliphatic carbocycles. The molecule has 6 rings (SSSR count). The van der Waals surface area contributed by atoms with Crippen molar-refractivity contribution in [1.82, 2.24) is 9.88 Å². The lowest BCUT2D eigenvalue weighted by atomic mass is 9.92. The average Bonchev–Trinajstić information content (AvgIpc) is 3.75. The average molecular weight is 505 g/mol. The van der Waals surface area contributed by atoms with Gasteiger partial charge in [-0.3, -0.25) is 9.52 Å². The molecule has 8 nitrogen and oxygen atoms in total. The van der Waals surface area contributed by atoms with Crippen LogP contribution in [0.3, 0.4) is 0 Å². The first kappa shape index (κ1) is 22.9. The van der Waals surface area contributed by atoms with Gasteiger partial charge in [0.1, 0.15) is 11.8 Å². The van der Waals surface area contributed by atoms with Crippen LogP contribution in [0, 0.1) is 11.3 Å². The Labute approximate surface area is 210 Å². The summed E-state index contributed by atoms with van der Waals surface area (Å²) in [6.07, 6.45) is 6.64. The SMILES string of the molecule is N#Cc1c(-c2ccc(NS(=O)(=O)C3CC3)cc2)n(C2CCC2)c2cc(OCC(=O)NC3CC3)ccc12. The molecule has 3 aliphatic rings. The highest BCUT2D eigenvalue weighted by molar-refractivity contribution is 7.93. The zero-order chi connectivity index (χ0) is 24.9. The maximum atomic E-state index is 12.3. The minimum absolute atomic E-state index is 0.0393. The zero-order valence-corrected chi connectivity index (χ0v) is 20.7. The van der Waals surface area contributed by atoms with Crippen LogP contribution in [-0.4, -0.2) is 36.8 Å². The Balaban J connectivity index is 1.34. The Bertz CT molecular complexity index is 1470. The van der Waals surface area contributed by atoms with E-state index in [1.54, 1.807) is 18.2 Å². The standard InChI is InChI=1S/C27H28N4O4S/c28-15-24-23-13-10-21(35-16-26(32)29-18-8-9-18)14-25(23)31(20-2-1-3-20)27(24)17-4-6-19(7-5-17)30-36(33,34)22-11-12-22/h4-7,10,13-14,18,20,22,30H,1-3,8-9,11-12,16H2,(H,29,32). The normalized spacial score (nSPS) is 17.9. The molecule has 1 heterocycles. The molecule has 2 aromatic carbocycles. The number of hydrogen-bond donors (Lipinski definition) is 2. The molecule has 36 heavy (non-hydrogen) atoms. The molecule has 3 saturated carbocycles. The number of carbonyl (C=O) groups excluding carboxylic acids is 1. The summed E-state index contributed by atoms with van der Waals surface area (Å²) < 4.78 is 35.3. The molecule has 3 aromatic rings. The zero-order valence-electron chi connectivity index (χ0n) is 19.9. The number of nitrogens with one attached hydrogen (secondary N) is 2. The van der Waals surface area contributed by atoms with Crippen LogP contribution in [0.4, 0.5) is 5.69 Å². The number of hydrogen-bond acceptors (Lipinski definition) is 5. The number of anilines is 1. The summed E-state index contributed by atoms with van der Waals surface area (Å²) in [6.45, 7) is -0.0393. The first-order valence-electron chi connectivity index (χ1n) is 12.6. The van der Waals surface area contributed by atoms with E-state index in [2.05, 4.69) is 20.7 Å². The number of aromatic nitrogens is 1. The monoisotopic (exact) mass is 504 g/mol. The summed E-state index contributed by atoms with van der Waals surface area (Å²) >= 11 is 0. The van der Waals surface area contributed by atoms with Crippen molar-refractivity contribution in [3.63, 3.8) is 0 Å². The number of fused-ring (bicyclic) bond motifs is 1. The molecule has 1 amide bonds. The van der Waals surface area contributed by atoms with Gasteiger partial charge >= 0.3 is 0 Å². The van der Waals surface area contributed by atoms with Gasteiger partial charge in [0.2, 0.25) is 10.0 Å². The molecule has 0 aliphatic heterocycles. The van der Waals surface area contributed by atoms with Gasteiger partial charge in [-0.15, -0.1) is 0 Å². The molecule has 0 unspecified atom stereocenters. The van der Waals surface area contributed by atoms with Crippen molar-refractivity contribution >= 4 is 32.5 Å². The molecule has 0 spiro atoms. The van der Waals surface area contributed by atoms with E-state index in [1.807, 2.05) is 24.3 Å². The molecule has 186 valence electrons. The minimum atomic E-state index is -3.34. The minimum Gasteiger partial charge on any atom is -0.484 e. The second-order valence-electron chi connectivity index (χ2n) is 10.0. The third-order valence-electron chi connectivity index (χ3n) is 7.22. The maximum absolute atomic E-state index is 12.3. The van der Waals surface area contributed by atoms with Crippen molar-refractivity contribution in [2.24, 2.45) is 0 Å². The molecule has 0 saturated heterocycles. The first-order chi connectivity index (χ1) is 17.4. The fraction of sp³-hybridized carbons (Fsp3) is 0.407. The van der Waals surface area contributed by atoms with Crippen LogP contribution in [0.2, 0.25) is 0 Å². The van der Waals surface area contributed by atoms with Gasteiger partial charge in [0.05, 0.1) is 22.0 Å². The van der Waals surface area contributed by atoms with Crippen molar-refractivity contribution in [3.8, 4) is 23.1 Å². The van der Waals surface area contributed by atoms with Crippen LogP contribution < -0.4 is 14.8 Å². The Kier molecular flexibility index (Phi) is 5.64. The summed E-state index contributed by atoms with van der Waals surface area (Å²) in [7, 11) is -3.34. The lowest BCUT2D eigenvalue weighted by molar-refractivity contribution is -0.123. The van der Waals surface area contributed by atoms with Crippen molar-refractivity contribution in [3.05, 3.63) is 48.0 Å². The molecule has 1 aromatic heterocycles. The van der Waals surface area contributed by atoms with E-state index in [1.165, 1.54) is 0 Å². The Morgan fingerprint density at radius 1 is 1.06 bits per heavy atom. The summed E-state index contributed by atoms with van der Waals surface area (Å²) in [5.41, 5.74) is 3.70. The first-order valence-corrected chi connectivity index (χ1v) is 14.1. The molecule has 0 atom stereocenters. The molecule has 0 radical (unpaired) electrons. The van der Waals surface area contributed by atoms with Gasteiger partial charge in [-0.1, -0.05) is 12.1 Å². The number of amides is 1. The fourth-order valence-corrected chi connectivity index (χ4v) is 6.16. The van der Waals surface area contributed by atoms with Gasteiger partial charge in [0, 0.05) is 29.2 Å². The summed E-state index contributed by atoms with van der Waals surface area (Å²) in [4.78, 5) is 12.1. The highest BCUT2D eigenvalue weighted by Crippen LogP contribution is 2.43. The van der Waals surface area contributed by atoms with E-state index >= 15 is 0 Å². The number of carbonyl (C=O) groups is 1. The second-order valence-corrected chi connectivity index (χ2v) is 12.0. The molecular weight excluding hydrogens is 476 g/mol. The second kappa shape index (κ2) is 8.86. The number of benzene rings is 2. The largest absolute Gasteiger partial charge is 0.484 e. The number of sulfonamides is 1. The lowest BCUT2D eigenvalue weighted by Crippen LogP contribution is -2.30. The van der Waals surface area contributed by atoms with Crippen LogP contribution in [-0.2, 0) is 14.8 Å². The Morgan fingerprint density at radius 2 is 1.81 bits per heavy atom. The smallest absolute Gasteiger partial charge is 0.258 e. The summed E-state index contributed by atoms with van der Waals surface area (Å²) in [5.74, 6) is 0.468. The Morgan fingerprint density at radius 3 is 2.42 bits per heavy atom. The summed E-state index contributed by atoms with van der Waals surface area (Å²) in [6, 6.07) is 15.8. The predicted molar refractivity (Wildman–Crippen MR) is 137 cm³/mol. The van der Waals surface area contributed by atoms with Crippen LogP contribution in [0.15, 0.2) is 42.5 Å². The molecule has 0 bridgehead atoms. The van der Waals surface area contributed by atoms with Crippen molar-refractivity contribution < 1.29 is 17.9 Å². The van der Waals surface area contributed by atoms with Crippen LogP contribution in [0.1, 0.15) is 56.6 Å². The highest BCUT2D eigenvalue weighted by Gasteiger charge is 2.35. The van der Waals surface area contributed by atoms with Gasteiger partial charge in [0.25, 0.3) is 5.91 Å². The molecule has 2 N–H and O–H groups in total. The summed E-state index contributed by atoms with van der Waals surface area (Å²) in [5, 5.41) is 13.6. The number of nitrogens with zero attached hydrogens (tertiary/aromatic N) is 2. The van der Waals surface area contributed by atoms with Gasteiger partial charge in [-0.25, -0.2) is 8.42 Å². The number of ether oxygens (including phenoxy) is 1. The van der Waals surface area contributed by atoms with E-state index in [0.717, 1.165) is 54.3 Å². The van der Waals surface area contributed by atoms with Crippen LogP contribution >= 0.6 is 0 Å². The van der Waals surface area contributed by atoms with Gasteiger partial charge in [0.15, 0.2) is 6.61 Å². The maximum Gasteiger partial charge on any atom is 0.258 e.